The predicted molar refractivity (Wildman–Crippen MR) is 101 cm³/mol. The molecular formula is C19H17Cl2FN2O3. The third-order valence-electron chi connectivity index (χ3n) is 4.43. The average molecular weight is 411 g/mol. The first kappa shape index (κ1) is 19.5. The number of carbonyl (C=O) groups is 2. The number of ether oxygens (including phenoxy) is 1. The maximum absolute atomic E-state index is 13.7. The first-order valence-electron chi connectivity index (χ1n) is 8.28. The average Bonchev–Trinajstić information content (AvgIpc) is 2.70. The normalized spacial score (nSPS) is 14.2. The maximum atomic E-state index is 13.7. The molecule has 1 aliphatic heterocycles. The van der Waals surface area contributed by atoms with E-state index >= 15 is 0 Å². The zero-order valence-electron chi connectivity index (χ0n) is 14.5. The van der Waals surface area contributed by atoms with Crippen LogP contribution in [0.2, 0.25) is 10.0 Å². The number of carbonyl (C=O) groups excluding carboxylic acids is 2. The van der Waals surface area contributed by atoms with E-state index in [1.54, 1.807) is 41.2 Å². The topological polar surface area (TPSA) is 49.9 Å². The van der Waals surface area contributed by atoms with Gasteiger partial charge in [-0.2, -0.15) is 0 Å². The molecule has 0 aliphatic carbocycles. The minimum atomic E-state index is -0.697. The summed E-state index contributed by atoms with van der Waals surface area (Å²) in [5.41, 5.74) is 0.617. The summed E-state index contributed by atoms with van der Waals surface area (Å²) in [5, 5.41) is -0.0328. The Morgan fingerprint density at radius 2 is 1.48 bits per heavy atom. The molecule has 0 radical (unpaired) electrons. The molecule has 5 nitrogen and oxygen atoms in total. The Kier molecular flexibility index (Phi) is 5.87. The van der Waals surface area contributed by atoms with Crippen LogP contribution in [0.4, 0.5) is 4.39 Å². The molecule has 2 aromatic carbocycles. The van der Waals surface area contributed by atoms with Gasteiger partial charge in [0, 0.05) is 31.7 Å². The summed E-state index contributed by atoms with van der Waals surface area (Å²) in [6.45, 7) is 1.43. The van der Waals surface area contributed by atoms with Gasteiger partial charge in [0.1, 0.15) is 11.6 Å². The van der Waals surface area contributed by atoms with Gasteiger partial charge in [0.25, 0.3) is 11.8 Å². The van der Waals surface area contributed by atoms with Crippen LogP contribution in [0, 0.1) is 5.82 Å². The van der Waals surface area contributed by atoms with E-state index in [0.29, 0.717) is 37.5 Å². The van der Waals surface area contributed by atoms with Crippen molar-refractivity contribution in [3.05, 3.63) is 63.4 Å². The predicted octanol–water partition coefficient (Wildman–Crippen LogP) is 3.74. The highest BCUT2D eigenvalue weighted by Gasteiger charge is 2.27. The molecule has 1 fully saturated rings. The zero-order chi connectivity index (χ0) is 19.6. The van der Waals surface area contributed by atoms with Crippen LogP contribution in [0.15, 0.2) is 36.4 Å². The van der Waals surface area contributed by atoms with Crippen molar-refractivity contribution in [1.82, 2.24) is 9.80 Å². The number of benzene rings is 2. The lowest BCUT2D eigenvalue weighted by atomic mass is 10.1. The van der Waals surface area contributed by atoms with Gasteiger partial charge in [0.15, 0.2) is 0 Å². The van der Waals surface area contributed by atoms with Crippen LogP contribution in [-0.4, -0.2) is 54.9 Å². The largest absolute Gasteiger partial charge is 0.497 e. The van der Waals surface area contributed by atoms with Gasteiger partial charge in [0.2, 0.25) is 0 Å². The lowest BCUT2D eigenvalue weighted by Crippen LogP contribution is -2.50. The smallest absolute Gasteiger partial charge is 0.255 e. The molecule has 0 spiro atoms. The summed E-state index contributed by atoms with van der Waals surface area (Å²) in [5.74, 6) is -0.515. The SMILES string of the molecule is COc1ccc(C(=O)N2CCN(C(=O)c3cc(F)c(Cl)cc3Cl)CC2)cc1. The minimum absolute atomic E-state index is 0.0634. The zero-order valence-corrected chi connectivity index (χ0v) is 16.1. The van der Waals surface area contributed by atoms with E-state index in [4.69, 9.17) is 27.9 Å². The number of hydrogen-bond acceptors (Lipinski definition) is 3. The second-order valence-corrected chi connectivity index (χ2v) is 6.87. The summed E-state index contributed by atoms with van der Waals surface area (Å²) >= 11 is 11.7. The molecule has 0 bridgehead atoms. The third-order valence-corrected chi connectivity index (χ3v) is 5.03. The van der Waals surface area contributed by atoms with E-state index in [-0.39, 0.29) is 27.4 Å². The molecule has 1 saturated heterocycles. The second-order valence-electron chi connectivity index (χ2n) is 6.06. The summed E-state index contributed by atoms with van der Waals surface area (Å²) in [7, 11) is 1.56. The van der Waals surface area contributed by atoms with E-state index in [1.807, 2.05) is 0 Å². The number of piperazine rings is 1. The van der Waals surface area contributed by atoms with Crippen molar-refractivity contribution in [2.75, 3.05) is 33.3 Å². The standard InChI is InChI=1S/C19H17Cl2FN2O3/c1-27-13-4-2-12(3-5-13)18(25)23-6-8-24(9-7-23)19(26)14-10-17(22)16(21)11-15(14)20/h2-5,10-11H,6-9H2,1H3. The van der Waals surface area contributed by atoms with Crippen LogP contribution in [0.25, 0.3) is 0 Å². The summed E-state index contributed by atoms with van der Waals surface area (Å²) < 4.78 is 18.8. The van der Waals surface area contributed by atoms with Crippen molar-refractivity contribution in [2.45, 2.75) is 0 Å². The Labute approximate surface area is 166 Å². The van der Waals surface area contributed by atoms with Gasteiger partial charge < -0.3 is 14.5 Å². The fourth-order valence-electron chi connectivity index (χ4n) is 2.89. The van der Waals surface area contributed by atoms with Crippen LogP contribution >= 0.6 is 23.2 Å². The van der Waals surface area contributed by atoms with E-state index in [9.17, 15) is 14.0 Å². The Bertz CT molecular complexity index is 866. The minimum Gasteiger partial charge on any atom is -0.497 e. The molecule has 1 heterocycles. The number of halogens is 3. The Morgan fingerprint density at radius 1 is 0.926 bits per heavy atom. The lowest BCUT2D eigenvalue weighted by molar-refractivity contribution is 0.0535. The van der Waals surface area contributed by atoms with Gasteiger partial charge >= 0.3 is 0 Å². The molecule has 27 heavy (non-hydrogen) atoms. The van der Waals surface area contributed by atoms with Gasteiger partial charge in [0.05, 0.1) is 22.7 Å². The molecule has 3 rings (SSSR count). The molecular weight excluding hydrogens is 394 g/mol. The monoisotopic (exact) mass is 410 g/mol. The van der Waals surface area contributed by atoms with Gasteiger partial charge in [-0.25, -0.2) is 4.39 Å². The number of nitrogens with zero attached hydrogens (tertiary/aromatic N) is 2. The van der Waals surface area contributed by atoms with E-state index < -0.39 is 5.82 Å². The first-order chi connectivity index (χ1) is 12.9. The molecule has 0 unspecified atom stereocenters. The molecule has 0 N–H and O–H groups in total. The number of methoxy groups -OCH3 is 1. The van der Waals surface area contributed by atoms with Crippen LogP contribution in [-0.2, 0) is 0 Å². The summed E-state index contributed by atoms with van der Waals surface area (Å²) in [6, 6.07) is 9.12. The quantitative estimate of drug-likeness (QED) is 0.724. The fraction of sp³-hybridized carbons (Fsp3) is 0.263. The molecule has 1 aliphatic rings. The third kappa shape index (κ3) is 4.17. The number of hydrogen-bond donors (Lipinski definition) is 0. The van der Waals surface area contributed by atoms with Crippen LogP contribution < -0.4 is 4.74 Å². The van der Waals surface area contributed by atoms with Gasteiger partial charge in [-0.3, -0.25) is 9.59 Å². The Hall–Kier alpha value is -2.31. The Morgan fingerprint density at radius 3 is 2.04 bits per heavy atom. The molecule has 0 atom stereocenters. The van der Waals surface area contributed by atoms with Crippen molar-refractivity contribution < 1.29 is 18.7 Å². The summed E-state index contributed by atoms with van der Waals surface area (Å²) in [4.78, 5) is 28.4. The van der Waals surface area contributed by atoms with Gasteiger partial charge in [-0.1, -0.05) is 23.2 Å². The highest BCUT2D eigenvalue weighted by Crippen LogP contribution is 2.26. The van der Waals surface area contributed by atoms with E-state index in [2.05, 4.69) is 0 Å². The molecule has 2 aromatic rings. The van der Waals surface area contributed by atoms with Gasteiger partial charge in [-0.15, -0.1) is 0 Å². The van der Waals surface area contributed by atoms with Crippen molar-refractivity contribution in [2.24, 2.45) is 0 Å². The second kappa shape index (κ2) is 8.15. The summed E-state index contributed by atoms with van der Waals surface area (Å²) in [6.07, 6.45) is 0. The molecule has 0 saturated carbocycles. The highest BCUT2D eigenvalue weighted by molar-refractivity contribution is 6.36. The van der Waals surface area contributed by atoms with Crippen LogP contribution in [0.1, 0.15) is 20.7 Å². The van der Waals surface area contributed by atoms with Gasteiger partial charge in [-0.05, 0) is 36.4 Å². The molecule has 0 aromatic heterocycles. The maximum Gasteiger partial charge on any atom is 0.255 e. The van der Waals surface area contributed by atoms with Crippen molar-refractivity contribution in [1.29, 1.82) is 0 Å². The first-order valence-corrected chi connectivity index (χ1v) is 9.03. The van der Waals surface area contributed by atoms with E-state index in [0.717, 1.165) is 6.07 Å². The fourth-order valence-corrected chi connectivity index (χ4v) is 3.35. The molecule has 142 valence electrons. The van der Waals surface area contributed by atoms with Crippen molar-refractivity contribution in [3.8, 4) is 5.75 Å². The molecule has 2 amide bonds. The number of rotatable bonds is 3. The van der Waals surface area contributed by atoms with Crippen LogP contribution in [0.3, 0.4) is 0 Å². The van der Waals surface area contributed by atoms with E-state index in [1.165, 1.54) is 6.07 Å². The lowest BCUT2D eigenvalue weighted by Gasteiger charge is -2.35. The van der Waals surface area contributed by atoms with Crippen LogP contribution in [0.5, 0.6) is 5.75 Å². The Balaban J connectivity index is 1.65. The molecule has 8 heteroatoms. The number of amides is 2. The highest BCUT2D eigenvalue weighted by atomic mass is 35.5. The van der Waals surface area contributed by atoms with Crippen molar-refractivity contribution >= 4 is 35.0 Å². The van der Waals surface area contributed by atoms with Crippen molar-refractivity contribution in [3.63, 3.8) is 0 Å².